The highest BCUT2D eigenvalue weighted by Crippen LogP contribution is 2.33. The average molecular weight is 406 g/mol. The standard InChI is InChI=1S/C22H15F5O2/c1-11-2-4-12(5-3-11)6-7-13-8-15(23)19(22(28)29)21(27)18(13)14-9-16(24)20(26)17(25)10-14/h2-5,8-10H,6-7H2,1H3,(H,28,29). The van der Waals surface area contributed by atoms with E-state index in [0.29, 0.717) is 18.6 Å². The molecule has 0 saturated heterocycles. The number of carboxylic acids is 1. The Hall–Kier alpha value is -3.22. The first kappa shape index (κ1) is 20.5. The first-order valence-corrected chi connectivity index (χ1v) is 8.63. The fourth-order valence-corrected chi connectivity index (χ4v) is 3.11. The van der Waals surface area contributed by atoms with Crippen LogP contribution in [0.4, 0.5) is 22.0 Å². The van der Waals surface area contributed by atoms with Crippen LogP contribution in [0.25, 0.3) is 11.1 Å². The molecular formula is C22H15F5O2. The Morgan fingerprint density at radius 1 is 0.828 bits per heavy atom. The maximum absolute atomic E-state index is 14.9. The van der Waals surface area contributed by atoms with Crippen LogP contribution in [0.15, 0.2) is 42.5 Å². The molecule has 0 radical (unpaired) electrons. The third kappa shape index (κ3) is 4.13. The molecule has 0 saturated carbocycles. The molecule has 0 aliphatic rings. The molecule has 3 rings (SSSR count). The maximum atomic E-state index is 14.9. The summed E-state index contributed by atoms with van der Waals surface area (Å²) in [5.41, 5.74) is -0.259. The zero-order valence-electron chi connectivity index (χ0n) is 15.2. The van der Waals surface area contributed by atoms with Crippen molar-refractivity contribution in [2.45, 2.75) is 19.8 Å². The van der Waals surface area contributed by atoms with Gasteiger partial charge in [0.05, 0.1) is 0 Å². The molecule has 0 fully saturated rings. The van der Waals surface area contributed by atoms with Gasteiger partial charge in [0.1, 0.15) is 17.2 Å². The molecule has 0 aliphatic heterocycles. The molecule has 0 aromatic heterocycles. The van der Waals surface area contributed by atoms with Crippen LogP contribution in [0.3, 0.4) is 0 Å². The molecule has 1 N–H and O–H groups in total. The van der Waals surface area contributed by atoms with Crippen LogP contribution in [0, 0.1) is 36.0 Å². The number of carbonyl (C=O) groups is 1. The third-order valence-corrected chi connectivity index (χ3v) is 4.59. The largest absolute Gasteiger partial charge is 0.477 e. The fraction of sp³-hybridized carbons (Fsp3) is 0.136. The Morgan fingerprint density at radius 3 is 1.97 bits per heavy atom. The van der Waals surface area contributed by atoms with E-state index >= 15 is 0 Å². The van der Waals surface area contributed by atoms with Gasteiger partial charge < -0.3 is 5.11 Å². The Bertz CT molecular complexity index is 1070. The molecule has 0 atom stereocenters. The van der Waals surface area contributed by atoms with Gasteiger partial charge in [-0.05, 0) is 54.7 Å². The van der Waals surface area contributed by atoms with Crippen molar-refractivity contribution >= 4 is 5.97 Å². The molecule has 0 spiro atoms. The van der Waals surface area contributed by atoms with Gasteiger partial charge in [0.15, 0.2) is 17.5 Å². The topological polar surface area (TPSA) is 37.3 Å². The van der Waals surface area contributed by atoms with Crippen molar-refractivity contribution in [2.75, 3.05) is 0 Å². The number of rotatable bonds is 5. The van der Waals surface area contributed by atoms with Gasteiger partial charge in [-0.2, -0.15) is 0 Å². The summed E-state index contributed by atoms with van der Waals surface area (Å²) in [6.45, 7) is 1.90. The summed E-state index contributed by atoms with van der Waals surface area (Å²) < 4.78 is 69.8. The van der Waals surface area contributed by atoms with E-state index in [1.165, 1.54) is 0 Å². The molecular weight excluding hydrogens is 391 g/mol. The molecule has 7 heteroatoms. The van der Waals surface area contributed by atoms with Gasteiger partial charge in [0.2, 0.25) is 0 Å². The highest BCUT2D eigenvalue weighted by atomic mass is 19.2. The molecule has 0 aliphatic carbocycles. The zero-order valence-corrected chi connectivity index (χ0v) is 15.2. The highest BCUT2D eigenvalue weighted by molar-refractivity contribution is 5.91. The van der Waals surface area contributed by atoms with Crippen LogP contribution in [0.5, 0.6) is 0 Å². The van der Waals surface area contributed by atoms with Gasteiger partial charge in [0, 0.05) is 5.56 Å². The monoisotopic (exact) mass is 406 g/mol. The maximum Gasteiger partial charge on any atom is 0.341 e. The van der Waals surface area contributed by atoms with Crippen molar-refractivity contribution in [2.24, 2.45) is 0 Å². The fourth-order valence-electron chi connectivity index (χ4n) is 3.11. The van der Waals surface area contributed by atoms with Gasteiger partial charge in [-0.3, -0.25) is 0 Å². The van der Waals surface area contributed by atoms with E-state index in [1.54, 1.807) is 0 Å². The summed E-state index contributed by atoms with van der Waals surface area (Å²) >= 11 is 0. The van der Waals surface area contributed by atoms with Gasteiger partial charge in [0.25, 0.3) is 0 Å². The molecule has 0 unspecified atom stereocenters. The predicted octanol–water partition coefficient (Wildman–Crippen LogP) is 5.84. The molecule has 2 nitrogen and oxygen atoms in total. The number of aromatic carboxylic acids is 1. The van der Waals surface area contributed by atoms with E-state index in [1.807, 2.05) is 31.2 Å². The second-order valence-corrected chi connectivity index (χ2v) is 6.63. The number of hydrogen-bond donors (Lipinski definition) is 1. The van der Waals surface area contributed by atoms with Crippen molar-refractivity contribution in [3.63, 3.8) is 0 Å². The van der Waals surface area contributed by atoms with Gasteiger partial charge >= 0.3 is 5.97 Å². The normalized spacial score (nSPS) is 11.0. The van der Waals surface area contributed by atoms with Crippen molar-refractivity contribution in [1.82, 2.24) is 0 Å². The molecule has 0 amide bonds. The third-order valence-electron chi connectivity index (χ3n) is 4.59. The van der Waals surface area contributed by atoms with Crippen LogP contribution >= 0.6 is 0 Å². The second-order valence-electron chi connectivity index (χ2n) is 6.63. The van der Waals surface area contributed by atoms with E-state index in [9.17, 15) is 26.7 Å². The van der Waals surface area contributed by atoms with Crippen LogP contribution < -0.4 is 0 Å². The van der Waals surface area contributed by atoms with Gasteiger partial charge in [-0.1, -0.05) is 29.8 Å². The summed E-state index contributed by atoms with van der Waals surface area (Å²) in [5, 5.41) is 9.11. The number of benzene rings is 3. The Morgan fingerprint density at radius 2 is 1.41 bits per heavy atom. The quantitative estimate of drug-likeness (QED) is 0.427. The Kier molecular flexibility index (Phi) is 5.68. The smallest absolute Gasteiger partial charge is 0.341 e. The lowest BCUT2D eigenvalue weighted by Gasteiger charge is -2.15. The molecule has 29 heavy (non-hydrogen) atoms. The Labute approximate surface area is 163 Å². The van der Waals surface area contributed by atoms with Crippen molar-refractivity contribution < 1.29 is 31.9 Å². The summed E-state index contributed by atoms with van der Waals surface area (Å²) in [6, 6.07) is 9.29. The molecule has 150 valence electrons. The molecule has 0 bridgehead atoms. The van der Waals surface area contributed by atoms with Crippen molar-refractivity contribution in [3.8, 4) is 11.1 Å². The predicted molar refractivity (Wildman–Crippen MR) is 97.2 cm³/mol. The number of aryl methyl sites for hydroxylation is 3. The molecule has 0 heterocycles. The van der Waals surface area contributed by atoms with Crippen LogP contribution in [-0.4, -0.2) is 11.1 Å². The molecule has 3 aromatic carbocycles. The van der Waals surface area contributed by atoms with E-state index in [0.717, 1.165) is 17.2 Å². The molecule has 3 aromatic rings. The second kappa shape index (κ2) is 8.03. The first-order chi connectivity index (χ1) is 13.7. The van der Waals surface area contributed by atoms with E-state index < -0.39 is 51.7 Å². The average Bonchev–Trinajstić information content (AvgIpc) is 2.64. The number of hydrogen-bond acceptors (Lipinski definition) is 1. The first-order valence-electron chi connectivity index (χ1n) is 8.63. The minimum absolute atomic E-state index is 0.0102. The Balaban J connectivity index is 2.14. The van der Waals surface area contributed by atoms with Crippen molar-refractivity contribution in [3.05, 3.63) is 93.8 Å². The van der Waals surface area contributed by atoms with Crippen molar-refractivity contribution in [1.29, 1.82) is 0 Å². The van der Waals surface area contributed by atoms with Crippen LogP contribution in [0.2, 0.25) is 0 Å². The van der Waals surface area contributed by atoms with E-state index in [4.69, 9.17) is 5.11 Å². The van der Waals surface area contributed by atoms with Crippen LogP contribution in [0.1, 0.15) is 27.0 Å². The summed E-state index contributed by atoms with van der Waals surface area (Å²) in [5.74, 6) is -9.51. The SMILES string of the molecule is Cc1ccc(CCc2cc(F)c(C(=O)O)c(F)c2-c2cc(F)c(F)c(F)c2)cc1. The van der Waals surface area contributed by atoms with Gasteiger partial charge in [-0.25, -0.2) is 26.7 Å². The highest BCUT2D eigenvalue weighted by Gasteiger charge is 2.25. The number of carboxylic acid groups (broad SMARTS) is 1. The lowest BCUT2D eigenvalue weighted by Crippen LogP contribution is -2.10. The van der Waals surface area contributed by atoms with Crippen LogP contribution in [-0.2, 0) is 12.8 Å². The summed E-state index contributed by atoms with van der Waals surface area (Å²) in [6.07, 6.45) is 0.400. The lowest BCUT2D eigenvalue weighted by molar-refractivity contribution is 0.0686. The minimum atomic E-state index is -1.87. The zero-order chi connectivity index (χ0) is 21.3. The van der Waals surface area contributed by atoms with Gasteiger partial charge in [-0.15, -0.1) is 0 Å². The van der Waals surface area contributed by atoms with E-state index in [2.05, 4.69) is 0 Å². The number of halogens is 5. The minimum Gasteiger partial charge on any atom is -0.477 e. The lowest BCUT2D eigenvalue weighted by atomic mass is 9.92. The summed E-state index contributed by atoms with van der Waals surface area (Å²) in [7, 11) is 0. The summed E-state index contributed by atoms with van der Waals surface area (Å²) in [4.78, 5) is 11.2. The van der Waals surface area contributed by atoms with E-state index in [-0.39, 0.29) is 12.0 Å².